The Kier molecular flexibility index (Phi) is 7.66. The highest BCUT2D eigenvalue weighted by molar-refractivity contribution is 5.03. The van der Waals surface area contributed by atoms with Crippen LogP contribution in [0.5, 0.6) is 0 Å². The number of unbranched alkanes of at least 4 members (excludes halogenated alkanes) is 1. The monoisotopic (exact) mass is 248 g/mol. The van der Waals surface area contributed by atoms with E-state index in [1.165, 1.54) is 32.1 Å². The minimum absolute atomic E-state index is 0.328. The maximum atomic E-state index is 6.24. The Morgan fingerprint density at radius 2 is 2.06 bits per heavy atom. The zero-order valence-electron chi connectivity index (χ0n) is 11.9. The van der Waals surface area contributed by atoms with Gasteiger partial charge in [0.25, 0.3) is 0 Å². The number of nitrogens with zero attached hydrogens (tertiary/aromatic N) is 1. The van der Waals surface area contributed by atoms with Crippen molar-refractivity contribution in [3.8, 4) is 0 Å². The molecule has 1 heterocycles. The molecule has 0 amide bonds. The summed E-state index contributed by atoms with van der Waals surface area (Å²) < 4.78 is 0. The first-order chi connectivity index (χ1) is 8.76. The molecule has 0 bridgehead atoms. The quantitative estimate of drug-likeness (QED) is 0.718. The first-order valence-electron chi connectivity index (χ1n) is 7.41. The Hall–Kier alpha value is -0.890. The third-order valence-corrected chi connectivity index (χ3v) is 3.68. The van der Waals surface area contributed by atoms with Crippen LogP contribution in [0.4, 0.5) is 0 Å². The van der Waals surface area contributed by atoms with E-state index in [0.717, 1.165) is 24.5 Å². The summed E-state index contributed by atoms with van der Waals surface area (Å²) in [4.78, 5) is 4.34. The average Bonchev–Trinajstić information content (AvgIpc) is 2.42. The van der Waals surface area contributed by atoms with Gasteiger partial charge in [0.2, 0.25) is 0 Å². The van der Waals surface area contributed by atoms with Gasteiger partial charge in [0.1, 0.15) is 0 Å². The summed E-state index contributed by atoms with van der Waals surface area (Å²) in [7, 11) is 0. The van der Waals surface area contributed by atoms with Crippen molar-refractivity contribution in [2.24, 2.45) is 11.7 Å². The van der Waals surface area contributed by atoms with E-state index in [1.807, 2.05) is 18.3 Å². The van der Waals surface area contributed by atoms with Gasteiger partial charge < -0.3 is 5.73 Å². The molecule has 2 unspecified atom stereocenters. The predicted octanol–water partition coefficient (Wildman–Crippen LogP) is 3.95. The van der Waals surface area contributed by atoms with Crippen molar-refractivity contribution in [3.63, 3.8) is 0 Å². The fourth-order valence-corrected chi connectivity index (χ4v) is 2.41. The molecule has 0 fully saturated rings. The van der Waals surface area contributed by atoms with Crippen molar-refractivity contribution >= 4 is 0 Å². The molecule has 102 valence electrons. The van der Waals surface area contributed by atoms with Crippen LogP contribution >= 0.6 is 0 Å². The van der Waals surface area contributed by atoms with E-state index in [9.17, 15) is 0 Å². The number of nitrogens with two attached hydrogens (primary N) is 1. The zero-order chi connectivity index (χ0) is 13.2. The molecule has 2 heteroatoms. The minimum atomic E-state index is 0.328. The van der Waals surface area contributed by atoms with Crippen molar-refractivity contribution in [2.45, 2.75) is 64.8 Å². The summed E-state index contributed by atoms with van der Waals surface area (Å²) in [5, 5.41) is 0. The van der Waals surface area contributed by atoms with Crippen LogP contribution in [0.2, 0.25) is 0 Å². The molecule has 2 atom stereocenters. The van der Waals surface area contributed by atoms with Crippen LogP contribution in [0, 0.1) is 5.92 Å². The number of rotatable bonds is 9. The molecule has 0 aromatic carbocycles. The highest BCUT2D eigenvalue weighted by atomic mass is 14.7. The van der Waals surface area contributed by atoms with Crippen molar-refractivity contribution in [3.05, 3.63) is 30.1 Å². The van der Waals surface area contributed by atoms with E-state index >= 15 is 0 Å². The topological polar surface area (TPSA) is 38.9 Å². The largest absolute Gasteiger partial charge is 0.328 e. The molecule has 1 aromatic rings. The molecule has 0 aliphatic heterocycles. The summed E-state index contributed by atoms with van der Waals surface area (Å²) in [5.41, 5.74) is 7.40. The van der Waals surface area contributed by atoms with Crippen LogP contribution in [0.25, 0.3) is 0 Å². The third-order valence-electron chi connectivity index (χ3n) is 3.68. The molecule has 0 saturated heterocycles. The van der Waals surface area contributed by atoms with Crippen molar-refractivity contribution in [1.29, 1.82) is 0 Å². The van der Waals surface area contributed by atoms with Crippen molar-refractivity contribution in [1.82, 2.24) is 4.98 Å². The highest BCUT2D eigenvalue weighted by Crippen LogP contribution is 2.19. The number of aromatic nitrogens is 1. The number of pyridine rings is 1. The van der Waals surface area contributed by atoms with E-state index in [1.54, 1.807) is 0 Å². The van der Waals surface area contributed by atoms with E-state index in [0.29, 0.717) is 6.04 Å². The van der Waals surface area contributed by atoms with Crippen LogP contribution in [0.3, 0.4) is 0 Å². The molecule has 0 aliphatic rings. The minimum Gasteiger partial charge on any atom is -0.328 e. The standard InChI is InChI=1S/C16H28N2/c1-3-5-8-14(4-2)13-15(17)10-11-16-9-6-7-12-18-16/h6-7,9,12,14-15H,3-5,8,10-11,13,17H2,1-2H3. The Morgan fingerprint density at radius 3 is 2.67 bits per heavy atom. The smallest absolute Gasteiger partial charge is 0.0404 e. The first-order valence-corrected chi connectivity index (χ1v) is 7.41. The number of hydrogen-bond donors (Lipinski definition) is 1. The highest BCUT2D eigenvalue weighted by Gasteiger charge is 2.11. The van der Waals surface area contributed by atoms with Gasteiger partial charge in [-0.1, -0.05) is 45.6 Å². The first kappa shape index (κ1) is 15.2. The Balaban J connectivity index is 2.25. The molecule has 2 N–H and O–H groups in total. The second kappa shape index (κ2) is 9.09. The van der Waals surface area contributed by atoms with Crippen molar-refractivity contribution in [2.75, 3.05) is 0 Å². The Bertz CT molecular complexity index is 297. The maximum Gasteiger partial charge on any atom is 0.0404 e. The zero-order valence-corrected chi connectivity index (χ0v) is 11.9. The van der Waals surface area contributed by atoms with Crippen LogP contribution in [0.15, 0.2) is 24.4 Å². The van der Waals surface area contributed by atoms with Crippen LogP contribution in [-0.4, -0.2) is 11.0 Å². The van der Waals surface area contributed by atoms with E-state index < -0.39 is 0 Å². The van der Waals surface area contributed by atoms with Gasteiger partial charge in [0, 0.05) is 17.9 Å². The fourth-order valence-electron chi connectivity index (χ4n) is 2.41. The lowest BCUT2D eigenvalue weighted by molar-refractivity contribution is 0.374. The van der Waals surface area contributed by atoms with E-state index in [4.69, 9.17) is 5.73 Å². The maximum absolute atomic E-state index is 6.24. The van der Waals surface area contributed by atoms with Gasteiger partial charge in [0.05, 0.1) is 0 Å². The molecule has 0 spiro atoms. The predicted molar refractivity (Wildman–Crippen MR) is 78.5 cm³/mol. The second-order valence-electron chi connectivity index (χ2n) is 5.27. The average molecular weight is 248 g/mol. The van der Waals surface area contributed by atoms with Gasteiger partial charge in [-0.3, -0.25) is 4.98 Å². The molecule has 2 nitrogen and oxygen atoms in total. The molecule has 1 rings (SSSR count). The SMILES string of the molecule is CCCCC(CC)CC(N)CCc1ccccn1. The van der Waals surface area contributed by atoms with Gasteiger partial charge in [0.15, 0.2) is 0 Å². The van der Waals surface area contributed by atoms with Gasteiger partial charge in [-0.2, -0.15) is 0 Å². The lowest BCUT2D eigenvalue weighted by atomic mass is 9.90. The van der Waals surface area contributed by atoms with Crippen LogP contribution in [0.1, 0.15) is 58.1 Å². The van der Waals surface area contributed by atoms with E-state index in [-0.39, 0.29) is 0 Å². The molecule has 0 radical (unpaired) electrons. The molecule has 0 aliphatic carbocycles. The summed E-state index contributed by atoms with van der Waals surface area (Å²) in [6.45, 7) is 4.54. The molecule has 0 saturated carbocycles. The number of aryl methyl sites for hydroxylation is 1. The van der Waals surface area contributed by atoms with Gasteiger partial charge in [-0.15, -0.1) is 0 Å². The molecule has 1 aromatic heterocycles. The molecule has 18 heavy (non-hydrogen) atoms. The lowest BCUT2D eigenvalue weighted by Gasteiger charge is -2.19. The Labute approximate surface area is 112 Å². The molecular formula is C16H28N2. The van der Waals surface area contributed by atoms with Gasteiger partial charge >= 0.3 is 0 Å². The summed E-state index contributed by atoms with van der Waals surface area (Å²) in [5.74, 6) is 0.809. The second-order valence-corrected chi connectivity index (χ2v) is 5.27. The van der Waals surface area contributed by atoms with Gasteiger partial charge in [-0.25, -0.2) is 0 Å². The Morgan fingerprint density at radius 1 is 1.22 bits per heavy atom. The van der Waals surface area contributed by atoms with Crippen LogP contribution in [-0.2, 0) is 6.42 Å². The fraction of sp³-hybridized carbons (Fsp3) is 0.688. The molecular weight excluding hydrogens is 220 g/mol. The van der Waals surface area contributed by atoms with Gasteiger partial charge in [-0.05, 0) is 37.3 Å². The summed E-state index contributed by atoms with van der Waals surface area (Å²) >= 11 is 0. The summed E-state index contributed by atoms with van der Waals surface area (Å²) in [6.07, 6.45) is 10.3. The lowest BCUT2D eigenvalue weighted by Crippen LogP contribution is -2.24. The normalized spacial score (nSPS) is 14.4. The number of hydrogen-bond acceptors (Lipinski definition) is 2. The van der Waals surface area contributed by atoms with E-state index in [2.05, 4.69) is 24.9 Å². The van der Waals surface area contributed by atoms with Crippen molar-refractivity contribution < 1.29 is 0 Å². The summed E-state index contributed by atoms with van der Waals surface area (Å²) in [6, 6.07) is 6.42. The third kappa shape index (κ3) is 6.15. The van der Waals surface area contributed by atoms with Crippen LogP contribution < -0.4 is 5.73 Å².